The van der Waals surface area contributed by atoms with Crippen molar-refractivity contribution in [2.24, 2.45) is 0 Å². The van der Waals surface area contributed by atoms with Crippen LogP contribution in [-0.4, -0.2) is 28.6 Å². The van der Waals surface area contributed by atoms with Gasteiger partial charge in [0.25, 0.3) is 0 Å². The maximum Gasteiger partial charge on any atom is 0.345 e. The second kappa shape index (κ2) is 5.10. The minimum Gasteiger partial charge on any atom is -0.467 e. The molecule has 0 aliphatic carbocycles. The Labute approximate surface area is 106 Å². The Morgan fingerprint density at radius 2 is 1.94 bits per heavy atom. The van der Waals surface area contributed by atoms with E-state index in [9.17, 15) is 18.7 Å². The third-order valence-corrected chi connectivity index (χ3v) is 2.95. The molecular formula is C11H11BrF2O3. The summed E-state index contributed by atoms with van der Waals surface area (Å²) in [6, 6.07) is 8.02. The predicted molar refractivity (Wildman–Crippen MR) is 61.0 cm³/mol. The van der Waals surface area contributed by atoms with E-state index in [1.807, 2.05) is 15.9 Å². The molecule has 1 atom stereocenters. The molecule has 0 heterocycles. The predicted octanol–water partition coefficient (Wildman–Crippen LogP) is 2.12. The largest absolute Gasteiger partial charge is 0.467 e. The summed E-state index contributed by atoms with van der Waals surface area (Å²) < 4.78 is 30.7. The van der Waals surface area contributed by atoms with Crippen molar-refractivity contribution in [3.63, 3.8) is 0 Å². The summed E-state index contributed by atoms with van der Waals surface area (Å²) in [5.74, 6) is -1.39. The highest BCUT2D eigenvalue weighted by Crippen LogP contribution is 2.38. The van der Waals surface area contributed by atoms with Crippen molar-refractivity contribution in [2.75, 3.05) is 7.11 Å². The van der Waals surface area contributed by atoms with Crippen LogP contribution in [0.25, 0.3) is 0 Å². The van der Waals surface area contributed by atoms with Crippen LogP contribution < -0.4 is 0 Å². The Balaban J connectivity index is 3.05. The monoisotopic (exact) mass is 308 g/mol. The molecule has 0 aromatic heterocycles. The molecule has 0 fully saturated rings. The molecule has 0 amide bonds. The van der Waals surface area contributed by atoms with Gasteiger partial charge in [0.15, 0.2) is 0 Å². The van der Waals surface area contributed by atoms with E-state index in [2.05, 4.69) is 4.74 Å². The van der Waals surface area contributed by atoms with E-state index in [1.165, 1.54) is 12.1 Å². The summed E-state index contributed by atoms with van der Waals surface area (Å²) in [5.41, 5.74) is -2.53. The number of hydrogen-bond donors (Lipinski definition) is 1. The van der Waals surface area contributed by atoms with Crippen LogP contribution in [0.3, 0.4) is 0 Å². The van der Waals surface area contributed by atoms with Gasteiger partial charge in [-0.15, -0.1) is 0 Å². The SMILES string of the molecule is COC(=O)C(O)(Cc1ccccc1)C(F)(F)Br. The van der Waals surface area contributed by atoms with Crippen molar-refractivity contribution in [2.45, 2.75) is 16.9 Å². The number of benzene rings is 1. The number of carbonyl (C=O) groups excluding carboxylic acids is 1. The van der Waals surface area contributed by atoms with Crippen LogP contribution in [0.4, 0.5) is 8.78 Å². The van der Waals surface area contributed by atoms with E-state index >= 15 is 0 Å². The Morgan fingerprint density at radius 1 is 1.41 bits per heavy atom. The van der Waals surface area contributed by atoms with Gasteiger partial charge in [-0.2, -0.15) is 8.78 Å². The van der Waals surface area contributed by atoms with E-state index < -0.39 is 22.8 Å². The third-order valence-electron chi connectivity index (χ3n) is 2.29. The van der Waals surface area contributed by atoms with Crippen molar-refractivity contribution in [3.8, 4) is 0 Å². The average molecular weight is 309 g/mol. The molecule has 1 unspecified atom stereocenters. The van der Waals surface area contributed by atoms with Crippen LogP contribution in [0, 0.1) is 0 Å². The standard InChI is InChI=1S/C11H11BrF2O3/c1-17-9(15)10(16,11(12,13)14)7-8-5-3-2-4-6-8/h2-6,16H,7H2,1H3. The van der Waals surface area contributed by atoms with E-state index in [0.717, 1.165) is 7.11 Å². The van der Waals surface area contributed by atoms with Gasteiger partial charge in [0.1, 0.15) is 0 Å². The van der Waals surface area contributed by atoms with Gasteiger partial charge < -0.3 is 9.84 Å². The molecule has 0 radical (unpaired) electrons. The zero-order valence-electron chi connectivity index (χ0n) is 8.99. The summed E-state index contributed by atoms with van der Waals surface area (Å²) in [6.07, 6.45) is -0.543. The molecule has 0 spiro atoms. The van der Waals surface area contributed by atoms with E-state index in [-0.39, 0.29) is 0 Å². The van der Waals surface area contributed by atoms with Crippen molar-refractivity contribution >= 4 is 21.9 Å². The van der Waals surface area contributed by atoms with Gasteiger partial charge >= 0.3 is 10.8 Å². The Hall–Kier alpha value is -1.01. The lowest BCUT2D eigenvalue weighted by Crippen LogP contribution is -2.53. The molecular weight excluding hydrogens is 298 g/mol. The number of alkyl halides is 3. The van der Waals surface area contributed by atoms with Gasteiger partial charge in [-0.1, -0.05) is 30.3 Å². The summed E-state index contributed by atoms with van der Waals surface area (Å²) >= 11 is 2.02. The number of ether oxygens (including phenoxy) is 1. The number of aliphatic hydroxyl groups is 1. The number of esters is 1. The van der Waals surface area contributed by atoms with Gasteiger partial charge in [0.2, 0.25) is 5.60 Å². The molecule has 0 bridgehead atoms. The molecule has 0 aliphatic heterocycles. The lowest BCUT2D eigenvalue weighted by Gasteiger charge is -2.29. The van der Waals surface area contributed by atoms with Crippen LogP contribution in [0.2, 0.25) is 0 Å². The number of halogens is 3. The normalized spacial score (nSPS) is 15.1. The van der Waals surface area contributed by atoms with Gasteiger partial charge in [-0.25, -0.2) is 4.79 Å². The lowest BCUT2D eigenvalue weighted by molar-refractivity contribution is -0.184. The fraction of sp³-hybridized carbons (Fsp3) is 0.364. The van der Waals surface area contributed by atoms with Crippen molar-refractivity contribution in [1.82, 2.24) is 0 Å². The number of hydrogen-bond acceptors (Lipinski definition) is 3. The summed E-state index contributed by atoms with van der Waals surface area (Å²) in [4.78, 5) is 7.53. The highest BCUT2D eigenvalue weighted by Gasteiger charge is 2.57. The molecule has 0 saturated carbocycles. The Morgan fingerprint density at radius 3 is 2.35 bits per heavy atom. The molecule has 1 rings (SSSR count). The molecule has 6 heteroatoms. The topological polar surface area (TPSA) is 46.5 Å². The quantitative estimate of drug-likeness (QED) is 0.684. The van der Waals surface area contributed by atoms with Gasteiger partial charge in [-0.3, -0.25) is 0 Å². The summed E-state index contributed by atoms with van der Waals surface area (Å²) in [5, 5.41) is 9.80. The Kier molecular flexibility index (Phi) is 4.21. The minimum atomic E-state index is -3.77. The highest BCUT2D eigenvalue weighted by atomic mass is 79.9. The highest BCUT2D eigenvalue weighted by molar-refractivity contribution is 9.10. The summed E-state index contributed by atoms with van der Waals surface area (Å²) in [7, 11) is 0.942. The maximum atomic E-state index is 13.3. The smallest absolute Gasteiger partial charge is 0.345 e. The van der Waals surface area contributed by atoms with Crippen LogP contribution in [0.5, 0.6) is 0 Å². The average Bonchev–Trinajstić information content (AvgIpc) is 2.27. The molecule has 94 valence electrons. The zero-order chi connectivity index (χ0) is 13.1. The van der Waals surface area contributed by atoms with Crippen molar-refractivity contribution in [1.29, 1.82) is 0 Å². The molecule has 0 saturated heterocycles. The van der Waals surface area contributed by atoms with Gasteiger partial charge in [0, 0.05) is 6.42 Å². The molecule has 17 heavy (non-hydrogen) atoms. The lowest BCUT2D eigenvalue weighted by atomic mass is 9.95. The fourth-order valence-electron chi connectivity index (χ4n) is 1.35. The third kappa shape index (κ3) is 3.01. The minimum absolute atomic E-state index is 0.402. The van der Waals surface area contributed by atoms with Crippen molar-refractivity contribution < 1.29 is 23.4 Å². The second-order valence-corrected chi connectivity index (χ2v) is 4.51. The van der Waals surface area contributed by atoms with Gasteiger partial charge in [0.05, 0.1) is 7.11 Å². The first-order chi connectivity index (χ1) is 7.81. The van der Waals surface area contributed by atoms with Crippen LogP contribution in [0.1, 0.15) is 5.56 Å². The molecule has 1 aromatic rings. The van der Waals surface area contributed by atoms with Crippen molar-refractivity contribution in [3.05, 3.63) is 35.9 Å². The molecule has 0 aliphatic rings. The molecule has 1 N–H and O–H groups in total. The van der Waals surface area contributed by atoms with Crippen LogP contribution in [-0.2, 0) is 16.0 Å². The Bertz CT molecular complexity index is 391. The van der Waals surface area contributed by atoms with Crippen LogP contribution >= 0.6 is 15.9 Å². The number of carbonyl (C=O) groups is 1. The first kappa shape index (κ1) is 14.1. The van der Waals surface area contributed by atoms with E-state index in [1.54, 1.807) is 18.2 Å². The first-order valence-corrected chi connectivity index (χ1v) is 5.52. The number of methoxy groups -OCH3 is 1. The molecule has 3 nitrogen and oxygen atoms in total. The first-order valence-electron chi connectivity index (χ1n) is 4.72. The number of rotatable bonds is 4. The van der Waals surface area contributed by atoms with Gasteiger partial charge in [-0.05, 0) is 21.5 Å². The second-order valence-electron chi connectivity index (χ2n) is 3.51. The maximum absolute atomic E-state index is 13.3. The fourth-order valence-corrected chi connectivity index (χ4v) is 1.65. The van der Waals surface area contributed by atoms with Crippen LogP contribution in [0.15, 0.2) is 30.3 Å². The van der Waals surface area contributed by atoms with E-state index in [0.29, 0.717) is 5.56 Å². The zero-order valence-corrected chi connectivity index (χ0v) is 10.6. The van der Waals surface area contributed by atoms with E-state index in [4.69, 9.17) is 0 Å². The molecule has 1 aromatic carbocycles. The summed E-state index contributed by atoms with van der Waals surface area (Å²) in [6.45, 7) is 0.